The predicted molar refractivity (Wildman–Crippen MR) is 80.8 cm³/mol. The molecule has 0 bridgehead atoms. The Morgan fingerprint density at radius 1 is 1.35 bits per heavy atom. The van der Waals surface area contributed by atoms with Gasteiger partial charge in [-0.05, 0) is 19.5 Å². The van der Waals surface area contributed by atoms with Crippen LogP contribution in [0.4, 0.5) is 24.7 Å². The van der Waals surface area contributed by atoms with E-state index in [-0.39, 0.29) is 16.1 Å². The fraction of sp³-hybridized carbons (Fsp3) is 0.429. The lowest BCUT2D eigenvalue weighted by Crippen LogP contribution is -2.29. The fourth-order valence-electron chi connectivity index (χ4n) is 2.69. The first kappa shape index (κ1) is 15.6. The van der Waals surface area contributed by atoms with E-state index in [1.165, 1.54) is 0 Å². The van der Waals surface area contributed by atoms with Crippen LogP contribution in [0.3, 0.4) is 0 Å². The molecule has 23 heavy (non-hydrogen) atoms. The number of likely N-dealkylation sites (N-methyl/N-ethyl adjacent to an activating group) is 1. The van der Waals surface area contributed by atoms with Crippen molar-refractivity contribution >= 4 is 11.5 Å². The molecule has 0 aliphatic carbocycles. The first-order chi connectivity index (χ1) is 10.9. The molecular weight excluding hydrogens is 309 g/mol. The summed E-state index contributed by atoms with van der Waals surface area (Å²) in [5, 5.41) is 6.55. The molecule has 1 atom stereocenters. The van der Waals surface area contributed by atoms with Crippen LogP contribution in [0.1, 0.15) is 6.42 Å². The lowest BCUT2D eigenvalue weighted by molar-refractivity contribution is -0.212. The summed E-state index contributed by atoms with van der Waals surface area (Å²) in [5.74, 6) is 0.269. The van der Waals surface area contributed by atoms with Crippen LogP contribution >= 0.6 is 0 Å². The monoisotopic (exact) mass is 326 g/mol. The molecule has 2 aromatic heterocycles. The van der Waals surface area contributed by atoms with E-state index < -0.39 is 6.30 Å². The number of aromatic nitrogens is 3. The van der Waals surface area contributed by atoms with Crippen LogP contribution in [0.25, 0.3) is 11.3 Å². The third-order valence-electron chi connectivity index (χ3n) is 3.93. The van der Waals surface area contributed by atoms with Crippen molar-refractivity contribution in [3.8, 4) is 11.3 Å². The number of alkyl halides is 3. The van der Waals surface area contributed by atoms with Gasteiger partial charge in [0.1, 0.15) is 5.82 Å². The molecule has 9 heteroatoms. The Balaban J connectivity index is 1.90. The summed E-state index contributed by atoms with van der Waals surface area (Å²) >= 11 is 0. The third-order valence-corrected chi connectivity index (χ3v) is 3.93. The summed E-state index contributed by atoms with van der Waals surface area (Å²) in [4.78, 5) is 6.26. The van der Waals surface area contributed by atoms with Crippen molar-refractivity contribution in [1.29, 1.82) is 0 Å². The molecule has 3 heterocycles. The summed E-state index contributed by atoms with van der Waals surface area (Å²) in [7, 11) is 1.91. The number of nitrogens with two attached hydrogens (primary N) is 1. The molecule has 0 spiro atoms. The molecule has 1 fully saturated rings. The van der Waals surface area contributed by atoms with Crippen molar-refractivity contribution in [1.82, 2.24) is 20.1 Å². The Morgan fingerprint density at radius 2 is 2.13 bits per heavy atom. The summed E-state index contributed by atoms with van der Waals surface area (Å²) in [6, 6.07) is 3.86. The van der Waals surface area contributed by atoms with Crippen molar-refractivity contribution in [2.24, 2.45) is 0 Å². The van der Waals surface area contributed by atoms with Gasteiger partial charge in [0.2, 0.25) is 0 Å². The normalized spacial score (nSPS) is 18.6. The SMILES string of the molecule is CN[C@@H]1CCN(c2cc(N)nc(-c3cnn(C(F)(F)F)c3)c2)C1. The van der Waals surface area contributed by atoms with Crippen molar-refractivity contribution < 1.29 is 13.2 Å². The van der Waals surface area contributed by atoms with Gasteiger partial charge in [-0.25, -0.2) is 4.98 Å². The first-order valence-corrected chi connectivity index (χ1v) is 7.19. The highest BCUT2D eigenvalue weighted by atomic mass is 19.4. The molecule has 3 N–H and O–H groups in total. The first-order valence-electron chi connectivity index (χ1n) is 7.19. The van der Waals surface area contributed by atoms with E-state index in [0.29, 0.717) is 11.7 Å². The largest absolute Gasteiger partial charge is 0.504 e. The summed E-state index contributed by atoms with van der Waals surface area (Å²) in [6.07, 6.45) is -1.50. The van der Waals surface area contributed by atoms with Crippen molar-refractivity contribution in [2.75, 3.05) is 30.8 Å². The van der Waals surface area contributed by atoms with Crippen molar-refractivity contribution in [3.63, 3.8) is 0 Å². The minimum absolute atomic E-state index is 0.0419. The second kappa shape index (κ2) is 5.73. The van der Waals surface area contributed by atoms with E-state index in [4.69, 9.17) is 5.73 Å². The highest BCUT2D eigenvalue weighted by molar-refractivity contribution is 5.67. The van der Waals surface area contributed by atoms with Crippen LogP contribution in [0, 0.1) is 0 Å². The van der Waals surface area contributed by atoms with Crippen LogP contribution in [0.15, 0.2) is 24.5 Å². The Bertz CT molecular complexity index is 696. The molecule has 0 saturated carbocycles. The number of hydrogen-bond acceptors (Lipinski definition) is 5. The molecular formula is C14H17F3N6. The molecule has 2 aromatic rings. The number of halogens is 3. The van der Waals surface area contributed by atoms with E-state index in [0.717, 1.165) is 37.6 Å². The summed E-state index contributed by atoms with van der Waals surface area (Å²) in [6.45, 7) is 1.68. The zero-order valence-electron chi connectivity index (χ0n) is 12.5. The zero-order valence-corrected chi connectivity index (χ0v) is 12.5. The van der Waals surface area contributed by atoms with Crippen molar-refractivity contribution in [2.45, 2.75) is 18.8 Å². The average molecular weight is 326 g/mol. The Morgan fingerprint density at radius 3 is 2.74 bits per heavy atom. The topological polar surface area (TPSA) is 72.0 Å². The maximum absolute atomic E-state index is 12.6. The number of pyridine rings is 1. The molecule has 124 valence electrons. The van der Waals surface area contributed by atoms with Gasteiger partial charge in [-0.15, -0.1) is 13.2 Å². The zero-order chi connectivity index (χ0) is 16.6. The van der Waals surface area contributed by atoms with E-state index in [1.54, 1.807) is 12.1 Å². The minimum Gasteiger partial charge on any atom is -0.384 e. The molecule has 1 aliphatic rings. The number of hydrogen-bond donors (Lipinski definition) is 2. The predicted octanol–water partition coefficient (Wildman–Crippen LogP) is 1.80. The van der Waals surface area contributed by atoms with E-state index in [9.17, 15) is 13.2 Å². The van der Waals surface area contributed by atoms with Gasteiger partial charge in [0.15, 0.2) is 0 Å². The second-order valence-corrected chi connectivity index (χ2v) is 5.50. The number of anilines is 2. The molecule has 0 aromatic carbocycles. The Labute approximate surface area is 131 Å². The number of nitrogens with one attached hydrogen (secondary N) is 1. The van der Waals surface area contributed by atoms with Gasteiger partial charge >= 0.3 is 6.30 Å². The number of nitrogens with zero attached hydrogens (tertiary/aromatic N) is 4. The lowest BCUT2D eigenvalue weighted by atomic mass is 10.2. The van der Waals surface area contributed by atoms with Crippen LogP contribution in [-0.4, -0.2) is 40.9 Å². The number of nitrogen functional groups attached to an aromatic ring is 1. The third kappa shape index (κ3) is 3.24. The minimum atomic E-state index is -4.55. The van der Waals surface area contributed by atoms with E-state index >= 15 is 0 Å². The quantitative estimate of drug-likeness (QED) is 0.900. The molecule has 1 saturated heterocycles. The van der Waals surface area contributed by atoms with Gasteiger partial charge in [0.05, 0.1) is 11.9 Å². The standard InChI is InChI=1S/C14H17F3N6/c1-19-10-2-3-22(8-10)11-4-12(21-13(18)5-11)9-6-20-23(7-9)14(15,16)17/h4-7,10,19H,2-3,8H2,1H3,(H2,18,21)/t10-/m1/s1. The fourth-order valence-corrected chi connectivity index (χ4v) is 2.69. The number of rotatable bonds is 3. The van der Waals surface area contributed by atoms with Crippen molar-refractivity contribution in [3.05, 3.63) is 24.5 Å². The molecule has 6 nitrogen and oxygen atoms in total. The van der Waals surface area contributed by atoms with Gasteiger partial charge < -0.3 is 16.0 Å². The van der Waals surface area contributed by atoms with E-state index in [1.807, 2.05) is 7.05 Å². The van der Waals surface area contributed by atoms with Gasteiger partial charge in [0, 0.05) is 42.6 Å². The van der Waals surface area contributed by atoms with Gasteiger partial charge in [-0.2, -0.15) is 9.78 Å². The summed E-state index contributed by atoms with van der Waals surface area (Å²) < 4.78 is 37.9. The molecule has 3 rings (SSSR count). The Kier molecular flexibility index (Phi) is 3.88. The summed E-state index contributed by atoms with van der Waals surface area (Å²) in [5.41, 5.74) is 7.33. The van der Waals surface area contributed by atoms with Crippen LogP contribution < -0.4 is 16.0 Å². The van der Waals surface area contributed by atoms with Gasteiger partial charge in [-0.3, -0.25) is 0 Å². The molecule has 0 amide bonds. The lowest BCUT2D eigenvalue weighted by Gasteiger charge is -2.19. The molecule has 1 aliphatic heterocycles. The van der Waals surface area contributed by atoms with Crippen LogP contribution in [0.5, 0.6) is 0 Å². The maximum Gasteiger partial charge on any atom is 0.504 e. The van der Waals surface area contributed by atoms with Crippen LogP contribution in [-0.2, 0) is 6.30 Å². The van der Waals surface area contributed by atoms with Gasteiger partial charge in [-0.1, -0.05) is 0 Å². The second-order valence-electron chi connectivity index (χ2n) is 5.50. The van der Waals surface area contributed by atoms with E-state index in [2.05, 4.69) is 20.3 Å². The molecule has 0 radical (unpaired) electrons. The maximum atomic E-state index is 12.6. The van der Waals surface area contributed by atoms with Gasteiger partial charge in [0.25, 0.3) is 0 Å². The van der Waals surface area contributed by atoms with Crippen LogP contribution in [0.2, 0.25) is 0 Å². The average Bonchev–Trinajstić information content (AvgIpc) is 3.15. The Hall–Kier alpha value is -2.29. The highest BCUT2D eigenvalue weighted by Crippen LogP contribution is 2.29. The smallest absolute Gasteiger partial charge is 0.384 e. The highest BCUT2D eigenvalue weighted by Gasteiger charge is 2.32. The molecule has 0 unspecified atom stereocenters.